The summed E-state index contributed by atoms with van der Waals surface area (Å²) in [5.41, 5.74) is 0. The number of rotatable bonds is 8. The fourth-order valence-electron chi connectivity index (χ4n) is 1.44. The number of hydrogen-bond acceptors (Lipinski definition) is 9. The molecule has 0 unspecified atom stereocenters. The number of hydroxylamine groups is 2. The fraction of sp³-hybridized carbons (Fsp3) is 0.692. The van der Waals surface area contributed by atoms with Crippen molar-refractivity contribution in [3.05, 3.63) is 0 Å². The minimum Gasteiger partial charge on any atom is -0.465 e. The minimum absolute atomic E-state index is 0.0342. The van der Waals surface area contributed by atoms with Gasteiger partial charge in [-0.1, -0.05) is 26.7 Å². The molecule has 1 heterocycles. The third-order valence-electron chi connectivity index (χ3n) is 2.47. The molecule has 0 aromatic rings. The molecular weight excluding hydrogens is 346 g/mol. The maximum atomic E-state index is 11.5. The van der Waals surface area contributed by atoms with Crippen LogP contribution in [0.25, 0.3) is 0 Å². The van der Waals surface area contributed by atoms with Gasteiger partial charge in [0.1, 0.15) is 13.2 Å². The molecule has 1 rings (SSSR count). The van der Waals surface area contributed by atoms with Gasteiger partial charge < -0.3 is 9.47 Å². The average molecular weight is 365 g/mol. The summed E-state index contributed by atoms with van der Waals surface area (Å²) in [4.78, 5) is 49.3. The first-order valence-corrected chi connectivity index (χ1v) is 9.18. The number of carbonyl (C=O) groups excluding carboxylic acids is 4. The lowest BCUT2D eigenvalue weighted by molar-refractivity contribution is -0.177. The Hall–Kier alpha value is -1.42. The van der Waals surface area contributed by atoms with Crippen molar-refractivity contribution < 1.29 is 33.5 Å². The number of amides is 2. The quantitative estimate of drug-likeness (QED) is 0.276. The van der Waals surface area contributed by atoms with Gasteiger partial charge in [0.05, 0.1) is 4.75 Å². The molecule has 0 radical (unpaired) electrons. The topological polar surface area (TPSA) is 99.2 Å². The van der Waals surface area contributed by atoms with Crippen molar-refractivity contribution in [2.75, 3.05) is 19.0 Å². The summed E-state index contributed by atoms with van der Waals surface area (Å²) in [5, 5.41) is 0.441. The highest BCUT2D eigenvalue weighted by Gasteiger charge is 2.34. The number of esters is 1. The summed E-state index contributed by atoms with van der Waals surface area (Å²) in [6, 6.07) is 0. The monoisotopic (exact) mass is 365 g/mol. The highest BCUT2D eigenvalue weighted by molar-refractivity contribution is 8.77. The van der Waals surface area contributed by atoms with Gasteiger partial charge in [0.25, 0.3) is 11.8 Å². The molecule has 2 amide bonds. The molecule has 8 nitrogen and oxygen atoms in total. The van der Waals surface area contributed by atoms with E-state index >= 15 is 0 Å². The smallest absolute Gasteiger partial charge is 0.465 e. The Morgan fingerprint density at radius 3 is 2.35 bits per heavy atom. The zero-order chi connectivity index (χ0) is 17.5. The third-order valence-corrected chi connectivity index (χ3v) is 5.69. The molecule has 0 spiro atoms. The van der Waals surface area contributed by atoms with Crippen molar-refractivity contribution >= 4 is 45.5 Å². The first kappa shape index (κ1) is 19.6. The second-order valence-electron chi connectivity index (χ2n) is 5.22. The molecule has 0 bridgehead atoms. The molecule has 1 aliphatic rings. The van der Waals surface area contributed by atoms with Crippen LogP contribution in [0.3, 0.4) is 0 Å². The van der Waals surface area contributed by atoms with Gasteiger partial charge in [-0.2, -0.15) is 0 Å². The zero-order valence-corrected chi connectivity index (χ0v) is 14.8. The van der Waals surface area contributed by atoms with Crippen molar-refractivity contribution in [3.8, 4) is 0 Å². The van der Waals surface area contributed by atoms with Crippen molar-refractivity contribution in [2.24, 2.45) is 0 Å². The minimum atomic E-state index is -1.09. The Morgan fingerprint density at radius 1 is 1.17 bits per heavy atom. The van der Waals surface area contributed by atoms with Crippen LogP contribution in [0.1, 0.15) is 33.6 Å². The fourth-order valence-corrected chi connectivity index (χ4v) is 3.65. The Labute approximate surface area is 141 Å². The summed E-state index contributed by atoms with van der Waals surface area (Å²) in [7, 11) is 2.94. The van der Waals surface area contributed by atoms with Gasteiger partial charge in [-0.3, -0.25) is 19.2 Å². The van der Waals surface area contributed by atoms with E-state index in [1.807, 2.05) is 13.8 Å². The van der Waals surface area contributed by atoms with Crippen LogP contribution in [0.2, 0.25) is 0 Å². The van der Waals surface area contributed by atoms with Gasteiger partial charge in [0.15, 0.2) is 0 Å². The molecule has 10 heteroatoms. The zero-order valence-electron chi connectivity index (χ0n) is 13.2. The Balaban J connectivity index is 2.23. The van der Waals surface area contributed by atoms with Gasteiger partial charge in [0.2, 0.25) is 0 Å². The number of imide groups is 1. The van der Waals surface area contributed by atoms with Crippen LogP contribution in [0.15, 0.2) is 0 Å². The van der Waals surface area contributed by atoms with Crippen LogP contribution in [0.5, 0.6) is 0 Å². The summed E-state index contributed by atoms with van der Waals surface area (Å²) in [5.74, 6) is -0.829. The lowest BCUT2D eigenvalue weighted by atomic mass is 10.2. The van der Waals surface area contributed by atoms with E-state index < -0.39 is 22.7 Å². The van der Waals surface area contributed by atoms with Crippen LogP contribution in [0.4, 0.5) is 4.79 Å². The van der Waals surface area contributed by atoms with Crippen LogP contribution in [0, 0.1) is 0 Å². The Bertz CT molecular complexity index is 465. The van der Waals surface area contributed by atoms with E-state index in [1.54, 1.807) is 0 Å². The number of carbonyl (C=O) groups is 4. The van der Waals surface area contributed by atoms with Crippen molar-refractivity contribution in [1.82, 2.24) is 5.06 Å². The average Bonchev–Trinajstić information content (AvgIpc) is 2.76. The van der Waals surface area contributed by atoms with E-state index in [1.165, 1.54) is 28.5 Å². The molecule has 23 heavy (non-hydrogen) atoms. The summed E-state index contributed by atoms with van der Waals surface area (Å²) >= 11 is 0. The third kappa shape index (κ3) is 7.60. The Morgan fingerprint density at radius 2 is 1.78 bits per heavy atom. The normalized spacial score (nSPS) is 14.8. The first-order valence-electron chi connectivity index (χ1n) is 6.86. The second kappa shape index (κ2) is 9.02. The summed E-state index contributed by atoms with van der Waals surface area (Å²) in [6.45, 7) is 5.40. The highest BCUT2D eigenvalue weighted by Crippen LogP contribution is 2.35. The largest absolute Gasteiger partial charge is 0.534 e. The van der Waals surface area contributed by atoms with Gasteiger partial charge in [-0.25, -0.2) is 4.79 Å². The SMILES string of the molecule is CC(=O)OCCSSC(C)(C)COC(=O)ON1C(=O)CCC1=O. The van der Waals surface area contributed by atoms with Crippen LogP contribution in [-0.4, -0.2) is 52.7 Å². The standard InChI is InChI=1S/C13H19NO7S2/c1-9(15)19-6-7-22-23-13(2,3)8-20-12(18)21-14-10(16)4-5-11(14)17/h4-8H2,1-3H3. The summed E-state index contributed by atoms with van der Waals surface area (Å²) in [6.07, 6.45) is -1.02. The van der Waals surface area contributed by atoms with Crippen LogP contribution >= 0.6 is 21.6 Å². The summed E-state index contributed by atoms with van der Waals surface area (Å²) < 4.78 is 9.32. The van der Waals surface area contributed by atoms with Crippen molar-refractivity contribution in [2.45, 2.75) is 38.4 Å². The number of nitrogens with zero attached hydrogens (tertiary/aromatic N) is 1. The van der Waals surface area contributed by atoms with Crippen LogP contribution in [-0.2, 0) is 28.7 Å². The molecule has 1 aliphatic heterocycles. The van der Waals surface area contributed by atoms with Gasteiger partial charge in [-0.15, -0.1) is 0 Å². The van der Waals surface area contributed by atoms with Gasteiger partial charge in [-0.05, 0) is 13.8 Å². The maximum absolute atomic E-state index is 11.5. The number of ether oxygens (including phenoxy) is 2. The van der Waals surface area contributed by atoms with E-state index in [0.29, 0.717) is 17.4 Å². The van der Waals surface area contributed by atoms with E-state index in [-0.39, 0.29) is 25.4 Å². The molecule has 130 valence electrons. The van der Waals surface area contributed by atoms with Gasteiger partial charge >= 0.3 is 12.1 Å². The molecule has 0 aromatic heterocycles. The molecule has 0 aliphatic carbocycles. The number of hydrogen-bond donors (Lipinski definition) is 0. The maximum Gasteiger partial charge on any atom is 0.534 e. The second-order valence-corrected chi connectivity index (χ2v) is 8.34. The molecular formula is C13H19NO7S2. The van der Waals surface area contributed by atoms with Crippen molar-refractivity contribution in [3.63, 3.8) is 0 Å². The lowest BCUT2D eigenvalue weighted by Crippen LogP contribution is -2.34. The first-order chi connectivity index (χ1) is 10.7. The van der Waals surface area contributed by atoms with E-state index in [2.05, 4.69) is 4.84 Å². The van der Waals surface area contributed by atoms with Crippen molar-refractivity contribution in [1.29, 1.82) is 0 Å². The predicted molar refractivity (Wildman–Crippen MR) is 84.3 cm³/mol. The lowest BCUT2D eigenvalue weighted by Gasteiger charge is -2.22. The molecule has 0 atom stereocenters. The van der Waals surface area contributed by atoms with E-state index in [4.69, 9.17) is 9.47 Å². The van der Waals surface area contributed by atoms with E-state index in [0.717, 1.165) is 0 Å². The molecule has 0 saturated carbocycles. The highest BCUT2D eigenvalue weighted by atomic mass is 33.1. The molecule has 0 N–H and O–H groups in total. The van der Waals surface area contributed by atoms with E-state index in [9.17, 15) is 19.2 Å². The van der Waals surface area contributed by atoms with Crippen LogP contribution < -0.4 is 0 Å². The molecule has 1 saturated heterocycles. The predicted octanol–water partition coefficient (Wildman–Crippen LogP) is 1.93. The molecule has 0 aromatic carbocycles. The molecule has 1 fully saturated rings. The van der Waals surface area contributed by atoms with Gasteiger partial charge in [0, 0.05) is 25.5 Å². The Kier molecular flexibility index (Phi) is 7.69.